The van der Waals surface area contributed by atoms with E-state index in [4.69, 9.17) is 32.9 Å². The van der Waals surface area contributed by atoms with Crippen LogP contribution in [0.1, 0.15) is 73.0 Å². The Bertz CT molecular complexity index is 2600. The number of aliphatic hydroxyl groups excluding tert-OH is 1. The van der Waals surface area contributed by atoms with Gasteiger partial charge < -0.3 is 34.4 Å². The summed E-state index contributed by atoms with van der Waals surface area (Å²) in [5.41, 5.74) is 3.73. The molecule has 2 N–H and O–H groups in total. The molecule has 0 saturated carbocycles. The minimum atomic E-state index is -1.63. The third-order valence-corrected chi connectivity index (χ3v) is 14.5. The molecular formula is C52H59Cl2N7O6. The summed E-state index contributed by atoms with van der Waals surface area (Å²) in [5, 5.41) is 14.7. The van der Waals surface area contributed by atoms with Crippen molar-refractivity contribution in [2.75, 3.05) is 40.3 Å². The molecule has 2 aliphatic heterocycles. The number of aryl methyl sites for hydroxylation is 1. The van der Waals surface area contributed by atoms with E-state index in [1.54, 1.807) is 51.4 Å². The molecule has 0 radical (unpaired) electrons. The molecule has 352 valence electrons. The number of fused-ring (bicyclic) bond motifs is 1. The van der Waals surface area contributed by atoms with E-state index in [-0.39, 0.29) is 31.8 Å². The number of carbonyl (C=O) groups is 4. The molecule has 4 aromatic carbocycles. The molecule has 2 fully saturated rings. The number of ether oxygens (including phenoxy) is 1. The molecule has 2 saturated heterocycles. The molecule has 5 aromatic rings. The summed E-state index contributed by atoms with van der Waals surface area (Å²) >= 11 is 12.8. The fourth-order valence-electron chi connectivity index (χ4n) is 9.96. The smallest absolute Gasteiger partial charge is 0.247 e. The number of hydrogen-bond acceptors (Lipinski definition) is 8. The van der Waals surface area contributed by atoms with Crippen molar-refractivity contribution >= 4 is 46.8 Å². The quantitative estimate of drug-likeness (QED) is 0.140. The van der Waals surface area contributed by atoms with Gasteiger partial charge >= 0.3 is 0 Å². The first-order valence-corrected chi connectivity index (χ1v) is 23.8. The molecule has 4 amide bonds. The Morgan fingerprint density at radius 1 is 0.836 bits per heavy atom. The molecular weight excluding hydrogens is 890 g/mol. The van der Waals surface area contributed by atoms with E-state index in [0.717, 1.165) is 53.4 Å². The molecule has 4 atom stereocenters. The third kappa shape index (κ3) is 10.4. The van der Waals surface area contributed by atoms with Gasteiger partial charge in [0.05, 0.1) is 37.6 Å². The van der Waals surface area contributed by atoms with Crippen LogP contribution in [-0.2, 0) is 52.2 Å². The second kappa shape index (κ2) is 20.6. The Hall–Kier alpha value is -5.73. The largest absolute Gasteiger partial charge is 0.457 e. The summed E-state index contributed by atoms with van der Waals surface area (Å²) < 4.78 is 8.70. The normalized spacial score (nSPS) is 22.3. The Morgan fingerprint density at radius 3 is 2.27 bits per heavy atom. The van der Waals surface area contributed by atoms with Crippen molar-refractivity contribution in [1.29, 1.82) is 0 Å². The summed E-state index contributed by atoms with van der Waals surface area (Å²) in [5.74, 6) is -0.483. The van der Waals surface area contributed by atoms with Crippen LogP contribution in [-0.4, -0.2) is 116 Å². The van der Waals surface area contributed by atoms with E-state index in [9.17, 15) is 14.7 Å². The van der Waals surface area contributed by atoms with Crippen LogP contribution in [0.4, 0.5) is 0 Å². The number of carbonyl (C=O) groups excluding carboxylic acids is 4. The number of likely N-dealkylation sites (tertiary alicyclic amines) is 1. The number of likely N-dealkylation sites (N-methyl/N-ethyl adjacent to an activating group) is 2. The number of aromatic nitrogens is 2. The van der Waals surface area contributed by atoms with Gasteiger partial charge in [-0.2, -0.15) is 0 Å². The van der Waals surface area contributed by atoms with Gasteiger partial charge in [-0.25, -0.2) is 4.98 Å². The van der Waals surface area contributed by atoms with Crippen molar-refractivity contribution in [3.8, 4) is 22.8 Å². The van der Waals surface area contributed by atoms with Crippen LogP contribution >= 0.6 is 23.2 Å². The third-order valence-electron chi connectivity index (χ3n) is 14.0. The molecule has 3 aliphatic rings. The number of nitrogens with zero attached hydrogens (tertiary/aromatic N) is 6. The van der Waals surface area contributed by atoms with E-state index >= 15 is 9.59 Å². The number of rotatable bonds is 11. The monoisotopic (exact) mass is 947 g/mol. The standard InChI is InChI=1S/C52H59Cl2N7O6/c1-52(43-22-16-35-9-5-6-10-42(35)43)51(66)56-44(33-62)50(65)58(3)40(27-34-11-17-38(53)18-12-34)31-57(2)48(63)23-24-49(64)61(52)30-37-13-19-39(54)28-46(37)67-41-20-14-36(15-21-41)45-29-55-47(59(45)4)32-60-25-7-8-26-60/h5-6,9-15,17-21,28-29,40,43-44,62H,7-8,16,22-27,30-33H2,1-4H3,(H,56,66)/t40?,43-,44?,52?/m1/s1. The maximum Gasteiger partial charge on any atom is 0.247 e. The van der Waals surface area contributed by atoms with E-state index in [1.165, 1.54) is 27.5 Å². The minimum Gasteiger partial charge on any atom is -0.457 e. The van der Waals surface area contributed by atoms with Gasteiger partial charge in [0, 0.05) is 67.6 Å². The van der Waals surface area contributed by atoms with E-state index < -0.39 is 47.9 Å². The minimum absolute atomic E-state index is 0.105. The van der Waals surface area contributed by atoms with Gasteiger partial charge in [0.25, 0.3) is 0 Å². The molecule has 0 spiro atoms. The van der Waals surface area contributed by atoms with Gasteiger partial charge in [-0.1, -0.05) is 65.7 Å². The lowest BCUT2D eigenvalue weighted by Crippen LogP contribution is -2.65. The van der Waals surface area contributed by atoms with Gasteiger partial charge in [0.1, 0.15) is 28.9 Å². The van der Waals surface area contributed by atoms with Gasteiger partial charge in [0.15, 0.2) is 0 Å². The van der Waals surface area contributed by atoms with Crippen molar-refractivity contribution in [2.45, 2.75) is 88.5 Å². The molecule has 3 unspecified atom stereocenters. The summed E-state index contributed by atoms with van der Waals surface area (Å²) in [4.78, 5) is 70.5. The van der Waals surface area contributed by atoms with Crippen molar-refractivity contribution in [1.82, 2.24) is 34.5 Å². The molecule has 1 aromatic heterocycles. The first kappa shape index (κ1) is 47.8. The fourth-order valence-corrected chi connectivity index (χ4v) is 10.2. The van der Waals surface area contributed by atoms with Crippen molar-refractivity contribution in [3.05, 3.63) is 135 Å². The Labute approximate surface area is 402 Å². The zero-order chi connectivity index (χ0) is 47.4. The van der Waals surface area contributed by atoms with E-state index in [2.05, 4.69) is 14.8 Å². The molecule has 15 heteroatoms. The van der Waals surface area contributed by atoms with Crippen molar-refractivity contribution < 1.29 is 29.0 Å². The predicted octanol–water partition coefficient (Wildman–Crippen LogP) is 7.40. The van der Waals surface area contributed by atoms with Crippen molar-refractivity contribution in [3.63, 3.8) is 0 Å². The highest BCUT2D eigenvalue weighted by Crippen LogP contribution is 2.45. The molecule has 67 heavy (non-hydrogen) atoms. The topological polar surface area (TPSA) is 141 Å². The SMILES string of the molecule is CN1CC(Cc2ccc(Cl)cc2)N(C)C(=O)C(CO)NC(=O)C(C)([C@@H]2CCc3ccccc32)N(Cc2ccc(Cl)cc2Oc2ccc(-c3cnc(CN4CCCC4)n3C)cc2)C(=O)CCC1=O. The van der Waals surface area contributed by atoms with Gasteiger partial charge in [-0.05, 0) is 117 Å². The number of halogens is 2. The second-order valence-electron chi connectivity index (χ2n) is 18.3. The number of amides is 4. The van der Waals surface area contributed by atoms with Crippen LogP contribution in [0.2, 0.25) is 10.0 Å². The van der Waals surface area contributed by atoms with Crippen LogP contribution in [0.5, 0.6) is 11.5 Å². The second-order valence-corrected chi connectivity index (χ2v) is 19.2. The first-order chi connectivity index (χ1) is 32.2. The summed E-state index contributed by atoms with van der Waals surface area (Å²) in [6, 6.07) is 26.1. The summed E-state index contributed by atoms with van der Waals surface area (Å²) in [6.07, 6.45) is 5.55. The molecule has 13 nitrogen and oxygen atoms in total. The number of nitrogens with one attached hydrogen (secondary N) is 1. The fraction of sp³-hybridized carbons (Fsp3) is 0.404. The van der Waals surface area contributed by atoms with Crippen LogP contribution in [0.3, 0.4) is 0 Å². The first-order valence-electron chi connectivity index (χ1n) is 23.1. The van der Waals surface area contributed by atoms with Crippen LogP contribution in [0.15, 0.2) is 97.2 Å². The van der Waals surface area contributed by atoms with Crippen molar-refractivity contribution in [2.24, 2.45) is 7.05 Å². The summed E-state index contributed by atoms with van der Waals surface area (Å²) in [6.45, 7) is 4.03. The Morgan fingerprint density at radius 2 is 1.54 bits per heavy atom. The van der Waals surface area contributed by atoms with Crippen LogP contribution in [0, 0.1) is 0 Å². The maximum absolute atomic E-state index is 15.3. The number of aliphatic hydroxyl groups is 1. The number of imidazole rings is 1. The highest BCUT2D eigenvalue weighted by atomic mass is 35.5. The Kier molecular flexibility index (Phi) is 14.7. The van der Waals surface area contributed by atoms with Crippen LogP contribution < -0.4 is 10.1 Å². The highest BCUT2D eigenvalue weighted by molar-refractivity contribution is 6.31. The predicted molar refractivity (Wildman–Crippen MR) is 259 cm³/mol. The molecule has 8 rings (SSSR count). The van der Waals surface area contributed by atoms with Gasteiger partial charge in [-0.15, -0.1) is 0 Å². The highest BCUT2D eigenvalue weighted by Gasteiger charge is 2.52. The summed E-state index contributed by atoms with van der Waals surface area (Å²) in [7, 11) is 5.30. The number of benzene rings is 4. The molecule has 3 heterocycles. The lowest BCUT2D eigenvalue weighted by Gasteiger charge is -2.45. The zero-order valence-corrected chi connectivity index (χ0v) is 40.1. The average Bonchev–Trinajstić information content (AvgIpc) is 4.10. The lowest BCUT2D eigenvalue weighted by atomic mass is 9.78. The van der Waals surface area contributed by atoms with Gasteiger partial charge in [-0.3, -0.25) is 24.1 Å². The maximum atomic E-state index is 15.3. The number of hydrogen-bond donors (Lipinski definition) is 2. The van der Waals surface area contributed by atoms with Gasteiger partial charge in [0.2, 0.25) is 23.6 Å². The van der Waals surface area contributed by atoms with E-state index in [1.807, 2.05) is 73.9 Å². The van der Waals surface area contributed by atoms with E-state index in [0.29, 0.717) is 46.4 Å². The Balaban J connectivity index is 1.13. The molecule has 1 aliphatic carbocycles. The average molecular weight is 949 g/mol. The van der Waals surface area contributed by atoms with Crippen LogP contribution in [0.25, 0.3) is 11.3 Å². The zero-order valence-electron chi connectivity index (χ0n) is 38.6. The lowest BCUT2D eigenvalue weighted by molar-refractivity contribution is -0.153. The molecule has 0 bridgehead atoms.